The van der Waals surface area contributed by atoms with E-state index in [1.807, 2.05) is 30.3 Å². The van der Waals surface area contributed by atoms with Crippen molar-refractivity contribution in [2.24, 2.45) is 4.99 Å². The number of aromatic nitrogens is 1. The van der Waals surface area contributed by atoms with Crippen molar-refractivity contribution in [1.29, 1.82) is 0 Å². The van der Waals surface area contributed by atoms with Gasteiger partial charge in [0.2, 0.25) is 0 Å². The van der Waals surface area contributed by atoms with E-state index in [1.54, 1.807) is 39.8 Å². The zero-order chi connectivity index (χ0) is 28.4. The van der Waals surface area contributed by atoms with Gasteiger partial charge in [-0.25, -0.2) is 14.2 Å². The lowest BCUT2D eigenvalue weighted by Crippen LogP contribution is -2.66. The fraction of sp³-hybridized carbons (Fsp3) is 0.200. The van der Waals surface area contributed by atoms with Gasteiger partial charge in [0.1, 0.15) is 28.3 Å². The van der Waals surface area contributed by atoms with Crippen LogP contribution in [0.4, 0.5) is 9.18 Å². The molecule has 0 saturated heterocycles. The summed E-state index contributed by atoms with van der Waals surface area (Å²) in [7, 11) is 0. The number of pyridine rings is 1. The van der Waals surface area contributed by atoms with Gasteiger partial charge in [0, 0.05) is 17.3 Å². The number of carbonyl (C=O) groups excluding carboxylic acids is 1. The Kier molecular flexibility index (Phi) is 7.68. The molecular weight excluding hydrogens is 521 g/mol. The normalized spacial score (nSPS) is 16.8. The summed E-state index contributed by atoms with van der Waals surface area (Å²) >= 11 is 6.39. The van der Waals surface area contributed by atoms with Crippen LogP contribution in [-0.4, -0.2) is 44.6 Å². The molecule has 0 saturated carbocycles. The summed E-state index contributed by atoms with van der Waals surface area (Å²) in [5.74, 6) is 4.07. The highest BCUT2D eigenvalue weighted by Gasteiger charge is 2.64. The summed E-state index contributed by atoms with van der Waals surface area (Å²) < 4.78 is 19.4. The van der Waals surface area contributed by atoms with Crippen LogP contribution in [0.3, 0.4) is 0 Å². The lowest BCUT2D eigenvalue weighted by molar-refractivity contribution is -0.773. The molecule has 0 bridgehead atoms. The molecule has 1 aliphatic heterocycles. The number of halogens is 2. The second-order valence-corrected chi connectivity index (χ2v) is 10.0. The Labute approximate surface area is 230 Å². The summed E-state index contributed by atoms with van der Waals surface area (Å²) in [4.78, 5) is 35.6. The molecule has 1 atom stereocenters. The Morgan fingerprint density at radius 2 is 1.77 bits per heavy atom. The average molecular weight is 547 g/mol. The lowest BCUT2D eigenvalue weighted by atomic mass is 9.96. The molecule has 1 aliphatic rings. The number of carbonyl (C=O) groups is 2. The molecule has 1 aromatic heterocycles. The average Bonchev–Trinajstić information content (AvgIpc) is 3.26. The van der Waals surface area contributed by atoms with Crippen LogP contribution in [0.1, 0.15) is 50.1 Å². The van der Waals surface area contributed by atoms with E-state index in [9.17, 15) is 14.7 Å². The standard InChI is InChI=1S/C30H25ClFN3O4/c1-5-39-28(36)26-25(20-15-17-21(33-18-20)16-14-19-10-7-6-8-11-19)34-27(24-22(31)12-9-13-23(24)32)35(26,29(37)38)30(2,3)4/h6-13,15,17-18H,5H2,1-4H3/p+1. The number of nitrogens with zero attached hydrogens (tertiary/aromatic N) is 3. The number of esters is 1. The highest BCUT2D eigenvalue weighted by atomic mass is 35.5. The Bertz CT molecular complexity index is 1550. The van der Waals surface area contributed by atoms with E-state index in [0.717, 1.165) is 11.6 Å². The molecule has 0 aliphatic carbocycles. The molecule has 1 amide bonds. The van der Waals surface area contributed by atoms with Crippen molar-refractivity contribution < 1.29 is 28.3 Å². The monoisotopic (exact) mass is 546 g/mol. The second-order valence-electron chi connectivity index (χ2n) is 9.62. The smallest absolute Gasteiger partial charge is 0.458 e. The number of quaternary nitrogens is 1. The van der Waals surface area contributed by atoms with Crippen LogP contribution in [0.5, 0.6) is 0 Å². The van der Waals surface area contributed by atoms with Crippen molar-refractivity contribution in [3.05, 3.63) is 106 Å². The first kappa shape index (κ1) is 27.7. The summed E-state index contributed by atoms with van der Waals surface area (Å²) in [6, 6.07) is 16.7. The Morgan fingerprint density at radius 3 is 2.33 bits per heavy atom. The Balaban J connectivity index is 1.97. The van der Waals surface area contributed by atoms with E-state index >= 15 is 4.39 Å². The third-order valence-electron chi connectivity index (χ3n) is 6.19. The number of aliphatic imine (C=N–C) groups is 1. The van der Waals surface area contributed by atoms with Crippen molar-refractivity contribution in [3.63, 3.8) is 0 Å². The molecular formula is C30H26ClFN3O4+. The molecule has 1 N–H and O–H groups in total. The van der Waals surface area contributed by atoms with Gasteiger partial charge >= 0.3 is 12.1 Å². The van der Waals surface area contributed by atoms with Gasteiger partial charge in [-0.1, -0.05) is 41.8 Å². The first-order chi connectivity index (χ1) is 18.5. The maximum atomic E-state index is 15.3. The summed E-state index contributed by atoms with van der Waals surface area (Å²) in [5.41, 5.74) is -0.128. The maximum absolute atomic E-state index is 15.3. The quantitative estimate of drug-likeness (QED) is 0.237. The molecule has 9 heteroatoms. The topological polar surface area (TPSA) is 88.9 Å². The molecule has 7 nitrogen and oxygen atoms in total. The number of hydrogen-bond donors (Lipinski definition) is 1. The third kappa shape index (κ3) is 4.94. The van der Waals surface area contributed by atoms with Gasteiger partial charge in [0.15, 0.2) is 0 Å². The van der Waals surface area contributed by atoms with Gasteiger partial charge in [-0.3, -0.25) is 0 Å². The van der Waals surface area contributed by atoms with E-state index < -0.39 is 27.9 Å². The highest BCUT2D eigenvalue weighted by molar-refractivity contribution is 6.34. The molecule has 0 radical (unpaired) electrons. The highest BCUT2D eigenvalue weighted by Crippen LogP contribution is 2.46. The first-order valence-corrected chi connectivity index (χ1v) is 12.5. The predicted octanol–water partition coefficient (Wildman–Crippen LogP) is 6.26. The SMILES string of the molecule is CCOC(=O)C1=C(c2ccc(C#Cc3ccccc3)nc2)N=C(c2c(F)cccc2Cl)[N+]1(C(=O)O)C(C)(C)C. The number of carboxylic acid groups (broad SMARTS) is 1. The third-order valence-corrected chi connectivity index (χ3v) is 6.50. The molecule has 4 rings (SSSR count). The summed E-state index contributed by atoms with van der Waals surface area (Å²) in [6.45, 7) is 6.45. The fourth-order valence-electron chi connectivity index (χ4n) is 4.46. The number of benzene rings is 2. The Morgan fingerprint density at radius 1 is 1.05 bits per heavy atom. The molecule has 2 aromatic carbocycles. The van der Waals surface area contributed by atoms with Crippen LogP contribution in [0.25, 0.3) is 5.70 Å². The van der Waals surface area contributed by atoms with Crippen LogP contribution in [0.2, 0.25) is 5.02 Å². The molecule has 0 fully saturated rings. The minimum Gasteiger partial charge on any atom is -0.458 e. The van der Waals surface area contributed by atoms with Crippen molar-refractivity contribution in [2.75, 3.05) is 6.61 Å². The number of amides is 1. The molecule has 198 valence electrons. The molecule has 3 aromatic rings. The van der Waals surface area contributed by atoms with E-state index in [-0.39, 0.29) is 34.4 Å². The van der Waals surface area contributed by atoms with Gasteiger partial charge in [0.25, 0.3) is 11.5 Å². The zero-order valence-corrected chi connectivity index (χ0v) is 22.6. The van der Waals surface area contributed by atoms with Crippen LogP contribution in [0.15, 0.2) is 77.5 Å². The van der Waals surface area contributed by atoms with Gasteiger partial charge < -0.3 is 9.84 Å². The predicted molar refractivity (Wildman–Crippen MR) is 146 cm³/mol. The molecule has 1 unspecified atom stereocenters. The van der Waals surface area contributed by atoms with Crippen molar-refractivity contribution in [1.82, 2.24) is 4.98 Å². The van der Waals surface area contributed by atoms with Gasteiger partial charge in [-0.2, -0.15) is 9.79 Å². The summed E-state index contributed by atoms with van der Waals surface area (Å²) in [6.07, 6.45) is -0.00467. The van der Waals surface area contributed by atoms with Crippen molar-refractivity contribution >= 4 is 35.2 Å². The number of rotatable bonds is 4. The van der Waals surface area contributed by atoms with Crippen LogP contribution in [-0.2, 0) is 9.53 Å². The maximum Gasteiger partial charge on any atom is 0.526 e. The van der Waals surface area contributed by atoms with Crippen LogP contribution >= 0.6 is 11.6 Å². The minimum absolute atomic E-state index is 0.00448. The summed E-state index contributed by atoms with van der Waals surface area (Å²) in [5, 5.41) is 10.7. The molecule has 39 heavy (non-hydrogen) atoms. The first-order valence-electron chi connectivity index (χ1n) is 12.1. The van der Waals surface area contributed by atoms with Gasteiger partial charge in [-0.05, 0) is 70.0 Å². The lowest BCUT2D eigenvalue weighted by Gasteiger charge is -2.40. The van der Waals surface area contributed by atoms with E-state index in [0.29, 0.717) is 11.3 Å². The van der Waals surface area contributed by atoms with Gasteiger partial charge in [-0.15, -0.1) is 4.48 Å². The fourth-order valence-corrected chi connectivity index (χ4v) is 4.71. The number of hydrogen-bond acceptors (Lipinski definition) is 5. The van der Waals surface area contributed by atoms with Gasteiger partial charge in [0.05, 0.1) is 11.6 Å². The van der Waals surface area contributed by atoms with Crippen molar-refractivity contribution in [2.45, 2.75) is 33.2 Å². The minimum atomic E-state index is -1.45. The largest absolute Gasteiger partial charge is 0.526 e. The van der Waals surface area contributed by atoms with Crippen LogP contribution in [0, 0.1) is 17.7 Å². The second kappa shape index (κ2) is 10.8. The van der Waals surface area contributed by atoms with E-state index in [4.69, 9.17) is 16.3 Å². The molecule has 0 spiro atoms. The van der Waals surface area contributed by atoms with Crippen LogP contribution < -0.4 is 0 Å². The number of ether oxygens (including phenoxy) is 1. The molecule has 2 heterocycles. The number of amidine groups is 1. The zero-order valence-electron chi connectivity index (χ0n) is 21.8. The van der Waals surface area contributed by atoms with E-state index in [1.165, 1.54) is 18.3 Å². The Hall–Kier alpha value is -4.32. The van der Waals surface area contributed by atoms with Crippen molar-refractivity contribution in [3.8, 4) is 11.8 Å². The van der Waals surface area contributed by atoms with E-state index in [2.05, 4.69) is 21.8 Å².